The molecule has 0 saturated carbocycles. The monoisotopic (exact) mass is 251 g/mol. The van der Waals surface area contributed by atoms with Crippen LogP contribution in [-0.2, 0) is 4.74 Å². The number of rotatable bonds is 7. The molecule has 0 aliphatic rings. The van der Waals surface area contributed by atoms with Gasteiger partial charge in [-0.25, -0.2) is 0 Å². The molecule has 0 spiro atoms. The zero-order chi connectivity index (χ0) is 13.5. The van der Waals surface area contributed by atoms with E-state index in [0.29, 0.717) is 19.1 Å². The van der Waals surface area contributed by atoms with Crippen LogP contribution in [0.2, 0.25) is 0 Å². The maximum atomic E-state index is 5.84. The number of ether oxygens (including phenoxy) is 2. The van der Waals surface area contributed by atoms with Crippen molar-refractivity contribution in [2.45, 2.75) is 33.7 Å². The Balaban J connectivity index is 2.39. The first-order valence-corrected chi connectivity index (χ1v) is 6.57. The van der Waals surface area contributed by atoms with Crippen LogP contribution < -0.4 is 10.5 Å². The topological polar surface area (TPSA) is 44.5 Å². The van der Waals surface area contributed by atoms with Gasteiger partial charge in [-0.2, -0.15) is 0 Å². The SMILES string of the molecule is Cc1cc([C@@H](C)N)ccc1OCCOCC(C)C. The molecule has 0 aliphatic heterocycles. The van der Waals surface area contributed by atoms with E-state index in [1.165, 1.54) is 0 Å². The highest BCUT2D eigenvalue weighted by Gasteiger charge is 2.04. The first kappa shape index (κ1) is 15.0. The quantitative estimate of drug-likeness (QED) is 0.757. The third kappa shape index (κ3) is 5.07. The second-order valence-electron chi connectivity index (χ2n) is 5.13. The largest absolute Gasteiger partial charge is 0.491 e. The minimum Gasteiger partial charge on any atom is -0.491 e. The summed E-state index contributed by atoms with van der Waals surface area (Å²) in [5, 5.41) is 0. The van der Waals surface area contributed by atoms with Crippen molar-refractivity contribution in [2.75, 3.05) is 19.8 Å². The van der Waals surface area contributed by atoms with Gasteiger partial charge in [0.05, 0.1) is 6.61 Å². The lowest BCUT2D eigenvalue weighted by Gasteiger charge is -2.13. The van der Waals surface area contributed by atoms with Gasteiger partial charge in [0.2, 0.25) is 0 Å². The van der Waals surface area contributed by atoms with Crippen LogP contribution in [0.15, 0.2) is 18.2 Å². The first-order chi connectivity index (χ1) is 8.50. The Bertz CT molecular complexity index is 362. The van der Waals surface area contributed by atoms with E-state index in [0.717, 1.165) is 23.5 Å². The van der Waals surface area contributed by atoms with E-state index in [1.54, 1.807) is 0 Å². The summed E-state index contributed by atoms with van der Waals surface area (Å²) >= 11 is 0. The lowest BCUT2D eigenvalue weighted by molar-refractivity contribution is 0.0817. The summed E-state index contributed by atoms with van der Waals surface area (Å²) in [5.74, 6) is 1.48. The Morgan fingerprint density at radius 2 is 1.89 bits per heavy atom. The van der Waals surface area contributed by atoms with E-state index in [9.17, 15) is 0 Å². The third-order valence-electron chi connectivity index (χ3n) is 2.66. The molecule has 3 nitrogen and oxygen atoms in total. The van der Waals surface area contributed by atoms with Gasteiger partial charge in [-0.15, -0.1) is 0 Å². The standard InChI is InChI=1S/C15H25NO2/c1-11(2)10-17-7-8-18-15-6-5-14(13(4)16)9-12(15)3/h5-6,9,11,13H,7-8,10,16H2,1-4H3/t13-/m1/s1. The fourth-order valence-corrected chi connectivity index (χ4v) is 1.65. The molecule has 18 heavy (non-hydrogen) atoms. The molecule has 1 atom stereocenters. The summed E-state index contributed by atoms with van der Waals surface area (Å²) in [6.07, 6.45) is 0. The number of aryl methyl sites for hydroxylation is 1. The number of hydrogen-bond donors (Lipinski definition) is 1. The average molecular weight is 251 g/mol. The van der Waals surface area contributed by atoms with E-state index in [1.807, 2.05) is 26.0 Å². The molecule has 1 rings (SSSR count). The van der Waals surface area contributed by atoms with Crippen LogP contribution in [0.3, 0.4) is 0 Å². The lowest BCUT2D eigenvalue weighted by Crippen LogP contribution is -2.11. The van der Waals surface area contributed by atoms with Crippen molar-refractivity contribution < 1.29 is 9.47 Å². The predicted molar refractivity (Wildman–Crippen MR) is 74.9 cm³/mol. The molecule has 1 aromatic carbocycles. The second-order valence-corrected chi connectivity index (χ2v) is 5.13. The molecule has 0 aromatic heterocycles. The summed E-state index contributed by atoms with van der Waals surface area (Å²) in [6, 6.07) is 6.14. The molecular weight excluding hydrogens is 226 g/mol. The molecular formula is C15H25NO2. The third-order valence-corrected chi connectivity index (χ3v) is 2.66. The second kappa shape index (κ2) is 7.39. The summed E-state index contributed by atoms with van der Waals surface area (Å²) in [7, 11) is 0. The van der Waals surface area contributed by atoms with Gasteiger partial charge < -0.3 is 15.2 Å². The van der Waals surface area contributed by atoms with Crippen molar-refractivity contribution in [2.24, 2.45) is 11.7 Å². The van der Waals surface area contributed by atoms with Gasteiger partial charge in [0, 0.05) is 12.6 Å². The van der Waals surface area contributed by atoms with Crippen LogP contribution in [0.4, 0.5) is 0 Å². The van der Waals surface area contributed by atoms with Gasteiger partial charge in [-0.3, -0.25) is 0 Å². The Kier molecular flexibility index (Phi) is 6.16. The molecule has 0 radical (unpaired) electrons. The maximum absolute atomic E-state index is 5.84. The van der Waals surface area contributed by atoms with E-state index in [2.05, 4.69) is 19.9 Å². The van der Waals surface area contributed by atoms with Gasteiger partial charge in [0.15, 0.2) is 0 Å². The minimum atomic E-state index is 0.0622. The summed E-state index contributed by atoms with van der Waals surface area (Å²) < 4.78 is 11.2. The predicted octanol–water partition coefficient (Wildman–Crippen LogP) is 3.07. The molecule has 0 amide bonds. The van der Waals surface area contributed by atoms with E-state index >= 15 is 0 Å². The molecule has 0 bridgehead atoms. The molecule has 0 heterocycles. The molecule has 0 fully saturated rings. The Hall–Kier alpha value is -1.06. The molecule has 0 aliphatic carbocycles. The summed E-state index contributed by atoms with van der Waals surface area (Å²) in [4.78, 5) is 0. The fraction of sp³-hybridized carbons (Fsp3) is 0.600. The van der Waals surface area contributed by atoms with Gasteiger partial charge in [-0.1, -0.05) is 26.0 Å². The first-order valence-electron chi connectivity index (χ1n) is 6.57. The van der Waals surface area contributed by atoms with Gasteiger partial charge >= 0.3 is 0 Å². The van der Waals surface area contributed by atoms with Crippen LogP contribution in [0.5, 0.6) is 5.75 Å². The van der Waals surface area contributed by atoms with Crippen molar-refractivity contribution in [3.63, 3.8) is 0 Å². The smallest absolute Gasteiger partial charge is 0.122 e. The fourth-order valence-electron chi connectivity index (χ4n) is 1.65. The summed E-state index contributed by atoms with van der Waals surface area (Å²) in [6.45, 7) is 10.3. The number of benzene rings is 1. The zero-order valence-electron chi connectivity index (χ0n) is 11.9. The Labute approximate surface area is 110 Å². The zero-order valence-corrected chi connectivity index (χ0v) is 11.9. The van der Waals surface area contributed by atoms with E-state index < -0.39 is 0 Å². The van der Waals surface area contributed by atoms with Crippen molar-refractivity contribution in [3.8, 4) is 5.75 Å². The van der Waals surface area contributed by atoms with Gasteiger partial charge in [-0.05, 0) is 37.0 Å². The van der Waals surface area contributed by atoms with Crippen molar-refractivity contribution in [3.05, 3.63) is 29.3 Å². The van der Waals surface area contributed by atoms with Gasteiger partial charge in [0.25, 0.3) is 0 Å². The van der Waals surface area contributed by atoms with Crippen LogP contribution in [-0.4, -0.2) is 19.8 Å². The molecule has 2 N–H and O–H groups in total. The Morgan fingerprint density at radius 3 is 2.44 bits per heavy atom. The molecule has 0 saturated heterocycles. The van der Waals surface area contributed by atoms with Crippen LogP contribution in [0.1, 0.15) is 37.9 Å². The normalized spacial score (nSPS) is 12.8. The Morgan fingerprint density at radius 1 is 1.17 bits per heavy atom. The number of nitrogens with two attached hydrogens (primary N) is 1. The molecule has 3 heteroatoms. The highest BCUT2D eigenvalue weighted by molar-refractivity contribution is 5.37. The molecule has 1 aromatic rings. The van der Waals surface area contributed by atoms with Crippen molar-refractivity contribution in [1.29, 1.82) is 0 Å². The highest BCUT2D eigenvalue weighted by atomic mass is 16.5. The average Bonchev–Trinajstić information content (AvgIpc) is 2.29. The van der Waals surface area contributed by atoms with Gasteiger partial charge in [0.1, 0.15) is 12.4 Å². The molecule has 0 unspecified atom stereocenters. The van der Waals surface area contributed by atoms with Crippen molar-refractivity contribution in [1.82, 2.24) is 0 Å². The van der Waals surface area contributed by atoms with Crippen LogP contribution in [0, 0.1) is 12.8 Å². The lowest BCUT2D eigenvalue weighted by atomic mass is 10.1. The number of hydrogen-bond acceptors (Lipinski definition) is 3. The van der Waals surface area contributed by atoms with Crippen LogP contribution >= 0.6 is 0 Å². The molecule has 102 valence electrons. The van der Waals surface area contributed by atoms with Crippen molar-refractivity contribution >= 4 is 0 Å². The van der Waals surface area contributed by atoms with E-state index in [4.69, 9.17) is 15.2 Å². The maximum Gasteiger partial charge on any atom is 0.122 e. The summed E-state index contributed by atoms with van der Waals surface area (Å²) in [5.41, 5.74) is 8.09. The highest BCUT2D eigenvalue weighted by Crippen LogP contribution is 2.21. The van der Waals surface area contributed by atoms with Crippen LogP contribution in [0.25, 0.3) is 0 Å². The van der Waals surface area contributed by atoms with E-state index in [-0.39, 0.29) is 6.04 Å². The minimum absolute atomic E-state index is 0.0622.